The van der Waals surface area contributed by atoms with Gasteiger partial charge in [0.25, 0.3) is 0 Å². The maximum atomic E-state index is 12.9. The van der Waals surface area contributed by atoms with Crippen LogP contribution in [0.2, 0.25) is 0 Å². The minimum atomic E-state index is -0.192. The van der Waals surface area contributed by atoms with E-state index in [4.69, 9.17) is 0 Å². The Hall–Kier alpha value is -3.07. The van der Waals surface area contributed by atoms with Crippen molar-refractivity contribution in [2.24, 2.45) is 0 Å². The summed E-state index contributed by atoms with van der Waals surface area (Å²) in [6, 6.07) is 11.8. The van der Waals surface area contributed by atoms with Crippen LogP contribution >= 0.6 is 11.8 Å². The van der Waals surface area contributed by atoms with Crippen LogP contribution in [0.3, 0.4) is 0 Å². The molecule has 4 aromatic rings. The average Bonchev–Trinajstić information content (AvgIpc) is 3.29. The molecule has 0 atom stereocenters. The number of rotatable bonds is 8. The lowest BCUT2D eigenvalue weighted by Gasteiger charge is -2.06. The van der Waals surface area contributed by atoms with Crippen molar-refractivity contribution in [1.29, 1.82) is 0 Å². The predicted molar refractivity (Wildman–Crippen MR) is 119 cm³/mol. The second-order valence-electron chi connectivity index (χ2n) is 7.15. The Morgan fingerprint density at radius 2 is 1.97 bits per heavy atom. The SMILES string of the molecule is Cc1cc2ccccc2n2c(=O)n(CCNC(=O)CSCCn3nccc3C)nc12. The highest BCUT2D eigenvalue weighted by atomic mass is 32.2. The Morgan fingerprint density at radius 3 is 2.77 bits per heavy atom. The number of para-hydroxylation sites is 1. The first-order chi connectivity index (χ1) is 14.5. The molecule has 30 heavy (non-hydrogen) atoms. The minimum Gasteiger partial charge on any atom is -0.354 e. The first-order valence-electron chi connectivity index (χ1n) is 9.85. The molecule has 0 spiro atoms. The smallest absolute Gasteiger partial charge is 0.350 e. The van der Waals surface area contributed by atoms with Crippen molar-refractivity contribution in [2.45, 2.75) is 26.9 Å². The molecule has 0 unspecified atom stereocenters. The van der Waals surface area contributed by atoms with Crippen molar-refractivity contribution >= 4 is 34.2 Å². The van der Waals surface area contributed by atoms with Crippen LogP contribution in [0.25, 0.3) is 16.6 Å². The van der Waals surface area contributed by atoms with Crippen molar-refractivity contribution in [3.8, 4) is 0 Å². The fraction of sp³-hybridized carbons (Fsp3) is 0.333. The highest BCUT2D eigenvalue weighted by molar-refractivity contribution is 7.99. The third-order valence-electron chi connectivity index (χ3n) is 5.00. The molecule has 8 nitrogen and oxygen atoms in total. The Labute approximate surface area is 177 Å². The molecular weight excluding hydrogens is 400 g/mol. The van der Waals surface area contributed by atoms with Crippen molar-refractivity contribution in [1.82, 2.24) is 29.3 Å². The zero-order valence-corrected chi connectivity index (χ0v) is 17.9. The van der Waals surface area contributed by atoms with E-state index in [1.165, 1.54) is 4.68 Å². The quantitative estimate of drug-likeness (QED) is 0.437. The van der Waals surface area contributed by atoms with E-state index in [-0.39, 0.29) is 11.6 Å². The lowest BCUT2D eigenvalue weighted by atomic mass is 10.1. The number of carbonyl (C=O) groups is 1. The molecule has 0 bridgehead atoms. The van der Waals surface area contributed by atoms with Crippen LogP contribution in [0.4, 0.5) is 0 Å². The zero-order chi connectivity index (χ0) is 21.1. The van der Waals surface area contributed by atoms with E-state index in [9.17, 15) is 9.59 Å². The lowest BCUT2D eigenvalue weighted by Crippen LogP contribution is -2.32. The summed E-state index contributed by atoms with van der Waals surface area (Å²) in [5.41, 5.74) is 3.35. The molecule has 0 radical (unpaired) electrons. The normalized spacial score (nSPS) is 11.4. The summed E-state index contributed by atoms with van der Waals surface area (Å²) in [6.45, 7) is 5.43. The summed E-state index contributed by atoms with van der Waals surface area (Å²) < 4.78 is 4.98. The van der Waals surface area contributed by atoms with Gasteiger partial charge in [-0.25, -0.2) is 13.9 Å². The molecule has 3 aromatic heterocycles. The summed E-state index contributed by atoms with van der Waals surface area (Å²) in [5, 5.41) is 12.6. The molecule has 0 saturated heterocycles. The predicted octanol–water partition coefficient (Wildman–Crippen LogP) is 2.01. The maximum absolute atomic E-state index is 12.9. The molecule has 1 aromatic carbocycles. The molecule has 1 N–H and O–H groups in total. The number of nitrogens with one attached hydrogen (secondary N) is 1. The van der Waals surface area contributed by atoms with E-state index in [2.05, 4.69) is 15.5 Å². The molecule has 0 fully saturated rings. The Kier molecular flexibility index (Phi) is 5.89. The fourth-order valence-electron chi connectivity index (χ4n) is 3.44. The number of aryl methyl sites for hydroxylation is 3. The number of nitrogens with zero attached hydrogens (tertiary/aromatic N) is 5. The second-order valence-corrected chi connectivity index (χ2v) is 8.25. The topological polar surface area (TPSA) is 86.2 Å². The minimum absolute atomic E-state index is 0.0457. The Bertz CT molecular complexity index is 1260. The van der Waals surface area contributed by atoms with Crippen LogP contribution in [-0.2, 0) is 17.9 Å². The van der Waals surface area contributed by atoms with E-state index in [0.29, 0.717) is 24.5 Å². The molecule has 3 heterocycles. The first-order valence-corrected chi connectivity index (χ1v) is 11.0. The van der Waals surface area contributed by atoms with E-state index >= 15 is 0 Å². The van der Waals surface area contributed by atoms with E-state index < -0.39 is 0 Å². The monoisotopic (exact) mass is 424 g/mol. The van der Waals surface area contributed by atoms with Gasteiger partial charge in [0.2, 0.25) is 5.91 Å². The number of fused-ring (bicyclic) bond motifs is 3. The third-order valence-corrected chi connectivity index (χ3v) is 5.93. The van der Waals surface area contributed by atoms with E-state index in [1.807, 2.05) is 54.9 Å². The van der Waals surface area contributed by atoms with Gasteiger partial charge in [-0.2, -0.15) is 16.9 Å². The number of aromatic nitrogens is 5. The summed E-state index contributed by atoms with van der Waals surface area (Å²) >= 11 is 1.56. The summed E-state index contributed by atoms with van der Waals surface area (Å²) in [5.74, 6) is 1.15. The van der Waals surface area contributed by atoms with Gasteiger partial charge in [0, 0.05) is 24.2 Å². The molecule has 9 heteroatoms. The fourth-order valence-corrected chi connectivity index (χ4v) is 4.17. The van der Waals surface area contributed by atoms with Crippen LogP contribution in [0.5, 0.6) is 0 Å². The maximum Gasteiger partial charge on any atom is 0.350 e. The number of carbonyl (C=O) groups excluding carboxylic acids is 1. The van der Waals surface area contributed by atoms with Gasteiger partial charge in [-0.15, -0.1) is 5.10 Å². The molecule has 1 amide bonds. The van der Waals surface area contributed by atoms with E-state index in [1.54, 1.807) is 22.4 Å². The number of amides is 1. The molecule has 156 valence electrons. The molecule has 0 saturated carbocycles. The Morgan fingerprint density at radius 1 is 1.13 bits per heavy atom. The van der Waals surface area contributed by atoms with Crippen LogP contribution in [0.15, 0.2) is 47.4 Å². The van der Waals surface area contributed by atoms with Gasteiger partial charge in [-0.1, -0.05) is 18.2 Å². The van der Waals surface area contributed by atoms with E-state index in [0.717, 1.165) is 34.5 Å². The molecule has 4 rings (SSSR count). The number of pyridine rings is 1. The second kappa shape index (κ2) is 8.74. The van der Waals surface area contributed by atoms with Gasteiger partial charge in [-0.3, -0.25) is 9.48 Å². The van der Waals surface area contributed by atoms with Crippen LogP contribution < -0.4 is 11.0 Å². The number of thioether (sulfide) groups is 1. The van der Waals surface area contributed by atoms with Crippen LogP contribution in [-0.4, -0.2) is 47.9 Å². The molecule has 0 aliphatic heterocycles. The van der Waals surface area contributed by atoms with Gasteiger partial charge in [0.1, 0.15) is 0 Å². The largest absolute Gasteiger partial charge is 0.354 e. The zero-order valence-electron chi connectivity index (χ0n) is 17.0. The third kappa shape index (κ3) is 4.11. The van der Waals surface area contributed by atoms with Crippen molar-refractivity contribution in [3.05, 3.63) is 64.3 Å². The van der Waals surface area contributed by atoms with Crippen molar-refractivity contribution in [2.75, 3.05) is 18.1 Å². The molecule has 0 aliphatic rings. The average molecular weight is 425 g/mol. The number of hydrogen-bond donors (Lipinski definition) is 1. The van der Waals surface area contributed by atoms with Crippen LogP contribution in [0, 0.1) is 13.8 Å². The number of benzene rings is 1. The highest BCUT2D eigenvalue weighted by Gasteiger charge is 2.12. The number of hydrogen-bond acceptors (Lipinski definition) is 5. The summed E-state index contributed by atoms with van der Waals surface area (Å²) in [7, 11) is 0. The van der Waals surface area contributed by atoms with Gasteiger partial charge in [0.15, 0.2) is 5.65 Å². The van der Waals surface area contributed by atoms with Gasteiger partial charge in [-0.05, 0) is 43.0 Å². The Balaban J connectivity index is 1.33. The van der Waals surface area contributed by atoms with Gasteiger partial charge >= 0.3 is 5.69 Å². The van der Waals surface area contributed by atoms with Crippen molar-refractivity contribution < 1.29 is 4.79 Å². The van der Waals surface area contributed by atoms with Crippen molar-refractivity contribution in [3.63, 3.8) is 0 Å². The molecule has 0 aliphatic carbocycles. The standard InChI is InChI=1S/C21H24N6O2S/c1-15-13-17-5-3-4-6-18(17)27-20(15)24-26(21(27)29)10-9-22-19(28)14-30-12-11-25-16(2)7-8-23-25/h3-8,13H,9-12,14H2,1-2H3,(H,22,28). The van der Waals surface area contributed by atoms with Crippen LogP contribution in [0.1, 0.15) is 11.3 Å². The first kappa shape index (κ1) is 20.2. The van der Waals surface area contributed by atoms with Gasteiger partial charge < -0.3 is 5.32 Å². The van der Waals surface area contributed by atoms with Gasteiger partial charge in [0.05, 0.1) is 24.4 Å². The highest BCUT2D eigenvalue weighted by Crippen LogP contribution is 2.17. The lowest BCUT2D eigenvalue weighted by molar-refractivity contribution is -0.118. The summed E-state index contributed by atoms with van der Waals surface area (Å²) in [6.07, 6.45) is 1.78. The summed E-state index contributed by atoms with van der Waals surface area (Å²) in [4.78, 5) is 24.9. The molecular formula is C21H24N6O2S.